The van der Waals surface area contributed by atoms with Crippen molar-refractivity contribution < 1.29 is 9.21 Å². The molecule has 6 nitrogen and oxygen atoms in total. The minimum atomic E-state index is 0.00217. The van der Waals surface area contributed by atoms with Crippen LogP contribution in [0.3, 0.4) is 0 Å². The fourth-order valence-electron chi connectivity index (χ4n) is 4.26. The molecule has 2 fully saturated rings. The third-order valence-corrected chi connectivity index (χ3v) is 5.98. The van der Waals surface area contributed by atoms with Crippen LogP contribution in [0, 0.1) is 5.92 Å². The zero-order chi connectivity index (χ0) is 19.3. The molecule has 4 rings (SSSR count). The number of carbonyl (C=O) groups is 1. The highest BCUT2D eigenvalue weighted by Crippen LogP contribution is 2.29. The van der Waals surface area contributed by atoms with Gasteiger partial charge >= 0.3 is 0 Å². The summed E-state index contributed by atoms with van der Waals surface area (Å²) in [6, 6.07) is 10.2. The monoisotopic (exact) mass is 382 g/mol. The highest BCUT2D eigenvalue weighted by molar-refractivity contribution is 5.81. The van der Waals surface area contributed by atoms with E-state index in [0.717, 1.165) is 69.1 Å². The van der Waals surface area contributed by atoms with E-state index in [1.165, 1.54) is 0 Å². The van der Waals surface area contributed by atoms with Crippen molar-refractivity contribution in [3.05, 3.63) is 42.4 Å². The number of piperidine rings is 1. The number of aromatic nitrogens is 1. The van der Waals surface area contributed by atoms with Gasteiger partial charge in [-0.05, 0) is 51.6 Å². The van der Waals surface area contributed by atoms with Crippen molar-refractivity contribution in [1.82, 2.24) is 20.5 Å². The first-order valence-corrected chi connectivity index (χ1v) is 10.5. The standard InChI is InChI=1S/C22H30N4O2/c1-16(22-25-14-20(28-22)18-8-3-2-4-9-18)26-12-6-7-17(15-26)13-24-21(27)19-10-5-11-23-19/h2-4,8-9,14,16-17,19,23H,5-7,10-13,15H2,1H3,(H,24,27). The van der Waals surface area contributed by atoms with Crippen LogP contribution in [0.2, 0.25) is 0 Å². The molecular weight excluding hydrogens is 352 g/mol. The molecule has 0 radical (unpaired) electrons. The number of hydrogen-bond donors (Lipinski definition) is 2. The Morgan fingerprint density at radius 2 is 2.18 bits per heavy atom. The summed E-state index contributed by atoms with van der Waals surface area (Å²) in [7, 11) is 0. The summed E-state index contributed by atoms with van der Waals surface area (Å²) in [5, 5.41) is 6.42. The van der Waals surface area contributed by atoms with E-state index in [9.17, 15) is 4.79 Å². The predicted molar refractivity (Wildman–Crippen MR) is 109 cm³/mol. The Labute approximate surface area is 166 Å². The summed E-state index contributed by atoms with van der Waals surface area (Å²) < 4.78 is 6.05. The van der Waals surface area contributed by atoms with Gasteiger partial charge in [0.15, 0.2) is 5.76 Å². The Hall–Kier alpha value is -2.18. The number of carbonyl (C=O) groups excluding carboxylic acids is 1. The zero-order valence-electron chi connectivity index (χ0n) is 16.6. The Morgan fingerprint density at radius 1 is 1.32 bits per heavy atom. The number of amides is 1. The molecule has 28 heavy (non-hydrogen) atoms. The third-order valence-electron chi connectivity index (χ3n) is 5.98. The maximum absolute atomic E-state index is 12.3. The second-order valence-corrected chi connectivity index (χ2v) is 8.00. The summed E-state index contributed by atoms with van der Waals surface area (Å²) >= 11 is 0. The summed E-state index contributed by atoms with van der Waals surface area (Å²) in [4.78, 5) is 19.2. The van der Waals surface area contributed by atoms with Gasteiger partial charge in [-0.2, -0.15) is 0 Å². The van der Waals surface area contributed by atoms with Gasteiger partial charge in [0.25, 0.3) is 0 Å². The fourth-order valence-corrected chi connectivity index (χ4v) is 4.26. The van der Waals surface area contributed by atoms with Gasteiger partial charge in [-0.15, -0.1) is 0 Å². The van der Waals surface area contributed by atoms with Crippen molar-refractivity contribution in [2.24, 2.45) is 5.92 Å². The maximum Gasteiger partial charge on any atom is 0.237 e. The summed E-state index contributed by atoms with van der Waals surface area (Å²) in [5.41, 5.74) is 1.05. The fraction of sp³-hybridized carbons (Fsp3) is 0.545. The second-order valence-electron chi connectivity index (χ2n) is 8.00. The first-order chi connectivity index (χ1) is 13.7. The first kappa shape index (κ1) is 19.2. The van der Waals surface area contributed by atoms with Crippen LogP contribution in [0.1, 0.15) is 44.5 Å². The third kappa shape index (κ3) is 4.45. The van der Waals surface area contributed by atoms with Gasteiger partial charge in [-0.1, -0.05) is 30.3 Å². The minimum absolute atomic E-state index is 0.00217. The number of hydrogen-bond acceptors (Lipinski definition) is 5. The lowest BCUT2D eigenvalue weighted by Crippen LogP contribution is -2.45. The molecule has 1 aromatic heterocycles. The van der Waals surface area contributed by atoms with Gasteiger partial charge < -0.3 is 15.1 Å². The lowest BCUT2D eigenvalue weighted by atomic mass is 9.96. The molecule has 3 heterocycles. The van der Waals surface area contributed by atoms with Crippen LogP contribution in [0.5, 0.6) is 0 Å². The van der Waals surface area contributed by atoms with Gasteiger partial charge in [-0.25, -0.2) is 4.98 Å². The molecule has 2 saturated heterocycles. The molecule has 2 aliphatic rings. The van der Waals surface area contributed by atoms with Gasteiger partial charge in [0.1, 0.15) is 0 Å². The number of nitrogens with one attached hydrogen (secondary N) is 2. The van der Waals surface area contributed by atoms with Gasteiger partial charge in [0.05, 0.1) is 18.3 Å². The zero-order valence-corrected chi connectivity index (χ0v) is 16.6. The Morgan fingerprint density at radius 3 is 2.96 bits per heavy atom. The molecule has 0 aliphatic carbocycles. The van der Waals surface area contributed by atoms with E-state index in [-0.39, 0.29) is 18.0 Å². The topological polar surface area (TPSA) is 70.4 Å². The number of likely N-dealkylation sites (tertiary alicyclic amines) is 1. The molecule has 1 amide bonds. The van der Waals surface area contributed by atoms with Crippen molar-refractivity contribution in [2.45, 2.75) is 44.7 Å². The predicted octanol–water partition coefficient (Wildman–Crippen LogP) is 2.98. The van der Waals surface area contributed by atoms with Crippen LogP contribution in [0.15, 0.2) is 40.9 Å². The largest absolute Gasteiger partial charge is 0.439 e. The average molecular weight is 383 g/mol. The molecule has 6 heteroatoms. The molecule has 1 aromatic carbocycles. The van der Waals surface area contributed by atoms with E-state index in [1.54, 1.807) is 0 Å². The van der Waals surface area contributed by atoms with Crippen LogP contribution in [0.4, 0.5) is 0 Å². The Kier molecular flexibility index (Phi) is 6.07. The molecule has 0 saturated carbocycles. The Balaban J connectivity index is 1.32. The van der Waals surface area contributed by atoms with E-state index >= 15 is 0 Å². The van der Waals surface area contributed by atoms with Crippen LogP contribution >= 0.6 is 0 Å². The molecule has 3 atom stereocenters. The van der Waals surface area contributed by atoms with Crippen molar-refractivity contribution >= 4 is 5.91 Å². The minimum Gasteiger partial charge on any atom is -0.439 e. The highest BCUT2D eigenvalue weighted by Gasteiger charge is 2.28. The highest BCUT2D eigenvalue weighted by atomic mass is 16.4. The molecule has 0 bridgehead atoms. The molecule has 3 unspecified atom stereocenters. The van der Waals surface area contributed by atoms with Gasteiger partial charge in [0.2, 0.25) is 11.8 Å². The van der Waals surface area contributed by atoms with Crippen molar-refractivity contribution in [3.8, 4) is 11.3 Å². The maximum atomic E-state index is 12.3. The summed E-state index contributed by atoms with van der Waals surface area (Å²) in [5.74, 6) is 2.21. The molecule has 0 spiro atoms. The van der Waals surface area contributed by atoms with Crippen LogP contribution < -0.4 is 10.6 Å². The average Bonchev–Trinajstić information content (AvgIpc) is 3.45. The number of oxazole rings is 1. The lowest BCUT2D eigenvalue weighted by molar-refractivity contribution is -0.123. The SMILES string of the molecule is CC(c1ncc(-c2ccccc2)o1)N1CCCC(CNC(=O)C2CCCN2)C1. The Bertz CT molecular complexity index is 770. The van der Waals surface area contributed by atoms with Crippen molar-refractivity contribution in [2.75, 3.05) is 26.2 Å². The number of benzene rings is 1. The van der Waals surface area contributed by atoms with Gasteiger partial charge in [-0.3, -0.25) is 9.69 Å². The molecule has 150 valence electrons. The van der Waals surface area contributed by atoms with E-state index < -0.39 is 0 Å². The first-order valence-electron chi connectivity index (χ1n) is 10.5. The molecule has 2 N–H and O–H groups in total. The van der Waals surface area contributed by atoms with E-state index in [0.29, 0.717) is 5.92 Å². The molecule has 2 aromatic rings. The van der Waals surface area contributed by atoms with E-state index in [2.05, 4.69) is 27.4 Å². The smallest absolute Gasteiger partial charge is 0.237 e. The van der Waals surface area contributed by atoms with Crippen LogP contribution in [-0.4, -0.2) is 48.0 Å². The van der Waals surface area contributed by atoms with Crippen molar-refractivity contribution in [1.29, 1.82) is 0 Å². The number of rotatable bonds is 6. The molecular formula is C22H30N4O2. The van der Waals surface area contributed by atoms with E-state index in [1.807, 2.05) is 36.5 Å². The summed E-state index contributed by atoms with van der Waals surface area (Å²) in [6.45, 7) is 5.86. The normalized spacial score (nSPS) is 24.2. The number of nitrogens with zero attached hydrogens (tertiary/aromatic N) is 2. The van der Waals surface area contributed by atoms with Gasteiger partial charge in [0, 0.05) is 18.7 Å². The van der Waals surface area contributed by atoms with Crippen LogP contribution in [0.25, 0.3) is 11.3 Å². The van der Waals surface area contributed by atoms with Crippen molar-refractivity contribution in [3.63, 3.8) is 0 Å². The van der Waals surface area contributed by atoms with E-state index in [4.69, 9.17) is 4.42 Å². The summed E-state index contributed by atoms with van der Waals surface area (Å²) in [6.07, 6.45) is 6.15. The lowest BCUT2D eigenvalue weighted by Gasteiger charge is -2.35. The molecule has 2 aliphatic heterocycles. The quantitative estimate of drug-likeness (QED) is 0.804. The second kappa shape index (κ2) is 8.88. The van der Waals surface area contributed by atoms with Crippen LogP contribution in [-0.2, 0) is 4.79 Å².